The highest BCUT2D eigenvalue weighted by atomic mass is 15.4. The van der Waals surface area contributed by atoms with Crippen LogP contribution in [0.4, 0.5) is 0 Å². The molecule has 0 spiro atoms. The van der Waals surface area contributed by atoms with E-state index < -0.39 is 0 Å². The molecular weight excluding hydrogens is 224 g/mol. The highest BCUT2D eigenvalue weighted by molar-refractivity contribution is 5.47. The Bertz CT molecular complexity index is 544. The number of nitrogens with zero attached hydrogens (tertiary/aromatic N) is 3. The van der Waals surface area contributed by atoms with Crippen LogP contribution in [0.5, 0.6) is 0 Å². The molecule has 0 fully saturated rings. The fourth-order valence-electron chi connectivity index (χ4n) is 2.72. The van der Waals surface area contributed by atoms with Crippen molar-refractivity contribution < 1.29 is 0 Å². The lowest BCUT2D eigenvalue weighted by Crippen LogP contribution is -2.14. The lowest BCUT2D eigenvalue weighted by molar-refractivity contribution is 0.662. The first-order chi connectivity index (χ1) is 8.90. The van der Waals surface area contributed by atoms with Crippen molar-refractivity contribution in [2.45, 2.75) is 32.2 Å². The molecule has 1 heterocycles. The van der Waals surface area contributed by atoms with Crippen molar-refractivity contribution >= 4 is 0 Å². The highest BCUT2D eigenvalue weighted by Crippen LogP contribution is 2.27. The van der Waals surface area contributed by atoms with Gasteiger partial charge >= 0.3 is 0 Å². The smallest absolute Gasteiger partial charge is 0.0783 e. The maximum absolute atomic E-state index is 4.24. The third kappa shape index (κ3) is 1.93. The lowest BCUT2D eigenvalue weighted by Gasteiger charge is -2.19. The quantitative estimate of drug-likeness (QED) is 0.893. The molecule has 0 unspecified atom stereocenters. The Balaban J connectivity index is 2.08. The maximum atomic E-state index is 4.24. The van der Waals surface area contributed by atoms with Gasteiger partial charge in [-0.3, -0.25) is 0 Å². The van der Waals surface area contributed by atoms with Gasteiger partial charge in [0.05, 0.1) is 17.6 Å². The molecule has 1 aromatic carbocycles. The molecule has 0 saturated heterocycles. The molecule has 4 heteroatoms. The summed E-state index contributed by atoms with van der Waals surface area (Å²) in [5.74, 6) is 0. The Morgan fingerprint density at radius 3 is 3.06 bits per heavy atom. The molecule has 4 nitrogen and oxygen atoms in total. The second-order valence-corrected chi connectivity index (χ2v) is 4.79. The summed E-state index contributed by atoms with van der Waals surface area (Å²) in [7, 11) is 1.94. The average molecular weight is 242 g/mol. The third-order valence-corrected chi connectivity index (χ3v) is 3.58. The first-order valence-corrected chi connectivity index (χ1v) is 6.55. The number of fused-ring (bicyclic) bond motifs is 1. The molecule has 0 atom stereocenters. The van der Waals surface area contributed by atoms with Crippen LogP contribution in [0.2, 0.25) is 0 Å². The number of hydrogen-bond donors (Lipinski definition) is 1. The first kappa shape index (κ1) is 11.4. The van der Waals surface area contributed by atoms with E-state index in [1.165, 1.54) is 36.1 Å². The molecule has 1 N–H and O–H groups in total. The molecule has 0 saturated carbocycles. The van der Waals surface area contributed by atoms with Crippen LogP contribution in [0.3, 0.4) is 0 Å². The molecule has 0 radical (unpaired) electrons. The van der Waals surface area contributed by atoms with E-state index in [-0.39, 0.29) is 0 Å². The van der Waals surface area contributed by atoms with E-state index in [0.29, 0.717) is 0 Å². The van der Waals surface area contributed by atoms with Crippen molar-refractivity contribution in [1.82, 2.24) is 20.3 Å². The zero-order valence-corrected chi connectivity index (χ0v) is 10.7. The molecule has 2 aromatic rings. The SMILES string of the molecule is CNCc1cnnn1-c1cccc2c1CCCC2. The second kappa shape index (κ2) is 4.90. The number of aryl methyl sites for hydroxylation is 1. The summed E-state index contributed by atoms with van der Waals surface area (Å²) in [5, 5.41) is 11.4. The molecule has 0 bridgehead atoms. The molecule has 3 rings (SSSR count). The van der Waals surface area contributed by atoms with Gasteiger partial charge in [0.25, 0.3) is 0 Å². The predicted molar refractivity (Wildman–Crippen MR) is 70.8 cm³/mol. The minimum atomic E-state index is 0.788. The number of nitrogens with one attached hydrogen (secondary N) is 1. The molecule has 94 valence electrons. The van der Waals surface area contributed by atoms with Crippen LogP contribution in [0, 0.1) is 0 Å². The summed E-state index contributed by atoms with van der Waals surface area (Å²) < 4.78 is 1.97. The van der Waals surface area contributed by atoms with Crippen molar-refractivity contribution in [3.8, 4) is 5.69 Å². The summed E-state index contributed by atoms with van der Waals surface area (Å²) in [6.45, 7) is 0.788. The van der Waals surface area contributed by atoms with Gasteiger partial charge in [0.15, 0.2) is 0 Å². The molecule has 0 amide bonds. The maximum Gasteiger partial charge on any atom is 0.0783 e. The van der Waals surface area contributed by atoms with Gasteiger partial charge in [-0.15, -0.1) is 5.10 Å². The zero-order valence-electron chi connectivity index (χ0n) is 10.7. The Hall–Kier alpha value is -1.68. The summed E-state index contributed by atoms with van der Waals surface area (Å²) in [6.07, 6.45) is 6.76. The van der Waals surface area contributed by atoms with Crippen molar-refractivity contribution in [2.24, 2.45) is 0 Å². The van der Waals surface area contributed by atoms with Crippen molar-refractivity contribution in [2.75, 3.05) is 7.05 Å². The van der Waals surface area contributed by atoms with E-state index >= 15 is 0 Å². The summed E-state index contributed by atoms with van der Waals surface area (Å²) >= 11 is 0. The molecule has 1 aliphatic carbocycles. The van der Waals surface area contributed by atoms with Crippen molar-refractivity contribution in [1.29, 1.82) is 0 Å². The van der Waals surface area contributed by atoms with E-state index in [1.807, 2.05) is 17.9 Å². The molecule has 0 aliphatic heterocycles. The van der Waals surface area contributed by atoms with Gasteiger partial charge in [0, 0.05) is 6.54 Å². The standard InChI is InChI=1S/C14H18N4/c1-15-9-12-10-16-17-18(12)14-8-4-6-11-5-2-3-7-13(11)14/h4,6,8,10,15H,2-3,5,7,9H2,1H3. The minimum Gasteiger partial charge on any atom is -0.314 e. The van der Waals surface area contributed by atoms with Crippen LogP contribution in [0.25, 0.3) is 5.69 Å². The number of hydrogen-bond acceptors (Lipinski definition) is 3. The number of rotatable bonds is 3. The predicted octanol–water partition coefficient (Wildman–Crippen LogP) is 1.87. The Labute approximate surface area is 107 Å². The van der Waals surface area contributed by atoms with Crippen LogP contribution < -0.4 is 5.32 Å². The normalized spacial score (nSPS) is 14.5. The fraction of sp³-hybridized carbons (Fsp3) is 0.429. The summed E-state index contributed by atoms with van der Waals surface area (Å²) in [5.41, 5.74) is 5.24. The molecular formula is C14H18N4. The van der Waals surface area contributed by atoms with Gasteiger partial charge in [-0.25, -0.2) is 4.68 Å². The van der Waals surface area contributed by atoms with Crippen LogP contribution in [0.1, 0.15) is 29.7 Å². The molecule has 1 aromatic heterocycles. The van der Waals surface area contributed by atoms with Crippen LogP contribution in [-0.4, -0.2) is 22.0 Å². The Morgan fingerprint density at radius 2 is 2.17 bits per heavy atom. The van der Waals surface area contributed by atoms with Gasteiger partial charge in [-0.05, 0) is 49.9 Å². The molecule has 18 heavy (non-hydrogen) atoms. The monoisotopic (exact) mass is 242 g/mol. The van der Waals surface area contributed by atoms with Crippen LogP contribution >= 0.6 is 0 Å². The van der Waals surface area contributed by atoms with Gasteiger partial charge in [0.2, 0.25) is 0 Å². The van der Waals surface area contributed by atoms with Crippen molar-refractivity contribution in [3.05, 3.63) is 41.2 Å². The van der Waals surface area contributed by atoms with Gasteiger partial charge in [-0.2, -0.15) is 0 Å². The Kier molecular flexibility index (Phi) is 3.11. The van der Waals surface area contributed by atoms with Gasteiger partial charge < -0.3 is 5.32 Å². The van der Waals surface area contributed by atoms with E-state index in [2.05, 4.69) is 33.8 Å². The zero-order chi connectivity index (χ0) is 12.4. The average Bonchev–Trinajstić information content (AvgIpc) is 2.87. The van der Waals surface area contributed by atoms with Crippen molar-refractivity contribution in [3.63, 3.8) is 0 Å². The Morgan fingerprint density at radius 1 is 1.28 bits per heavy atom. The van der Waals surface area contributed by atoms with Gasteiger partial charge in [-0.1, -0.05) is 17.3 Å². The van der Waals surface area contributed by atoms with E-state index in [9.17, 15) is 0 Å². The fourth-order valence-corrected chi connectivity index (χ4v) is 2.72. The highest BCUT2D eigenvalue weighted by Gasteiger charge is 2.16. The number of aromatic nitrogens is 3. The third-order valence-electron chi connectivity index (χ3n) is 3.58. The second-order valence-electron chi connectivity index (χ2n) is 4.79. The largest absolute Gasteiger partial charge is 0.314 e. The van der Waals surface area contributed by atoms with Crippen LogP contribution in [-0.2, 0) is 19.4 Å². The minimum absolute atomic E-state index is 0.788. The lowest BCUT2D eigenvalue weighted by atomic mass is 9.90. The van der Waals surface area contributed by atoms with E-state index in [0.717, 1.165) is 18.7 Å². The summed E-state index contributed by atoms with van der Waals surface area (Å²) in [6, 6.07) is 6.52. The van der Waals surface area contributed by atoms with E-state index in [4.69, 9.17) is 0 Å². The first-order valence-electron chi connectivity index (χ1n) is 6.55. The molecule has 1 aliphatic rings. The topological polar surface area (TPSA) is 42.7 Å². The van der Waals surface area contributed by atoms with E-state index in [1.54, 1.807) is 0 Å². The van der Waals surface area contributed by atoms with Crippen LogP contribution in [0.15, 0.2) is 24.4 Å². The summed E-state index contributed by atoms with van der Waals surface area (Å²) in [4.78, 5) is 0. The van der Waals surface area contributed by atoms with Gasteiger partial charge in [0.1, 0.15) is 0 Å². The number of benzene rings is 1.